The predicted octanol–water partition coefficient (Wildman–Crippen LogP) is 2.82. The van der Waals surface area contributed by atoms with Crippen LogP contribution in [0.3, 0.4) is 0 Å². The number of nitrogens with two attached hydrogens (primary N) is 1. The molecule has 4 rings (SSSR count). The Bertz CT molecular complexity index is 616. The number of carbonyl (C=O) groups is 1. The number of fused-ring (bicyclic) bond motifs is 1. The molecule has 1 saturated carbocycles. The van der Waals surface area contributed by atoms with Crippen LogP contribution in [-0.4, -0.2) is 35.5 Å². The number of hydrogen-bond acceptors (Lipinski definition) is 3. The summed E-state index contributed by atoms with van der Waals surface area (Å²) in [6.07, 6.45) is 9.87. The number of nitrogens with zero attached hydrogens (tertiary/aromatic N) is 1. The lowest BCUT2D eigenvalue weighted by atomic mass is 9.81. The molecular weight excluding hydrogens is 300 g/mol. The van der Waals surface area contributed by atoms with E-state index >= 15 is 0 Å². The maximum atomic E-state index is 11.0. The molecule has 2 N–H and O–H groups in total. The van der Waals surface area contributed by atoms with E-state index in [4.69, 9.17) is 10.5 Å². The van der Waals surface area contributed by atoms with Crippen LogP contribution < -0.4 is 10.5 Å². The second-order valence-electron chi connectivity index (χ2n) is 7.81. The van der Waals surface area contributed by atoms with Gasteiger partial charge in [-0.3, -0.25) is 4.79 Å². The van der Waals surface area contributed by atoms with Gasteiger partial charge in [0.15, 0.2) is 0 Å². The molecule has 1 amide bonds. The van der Waals surface area contributed by atoms with Crippen molar-refractivity contribution in [3.63, 3.8) is 0 Å². The number of likely N-dealkylation sites (tertiary alicyclic amines) is 1. The van der Waals surface area contributed by atoms with E-state index in [0.717, 1.165) is 43.9 Å². The Balaban J connectivity index is 1.39. The largest absolute Gasteiger partial charge is 0.487 e. The molecule has 4 nitrogen and oxygen atoms in total. The molecule has 130 valence electrons. The third-order valence-electron chi connectivity index (χ3n) is 6.26. The van der Waals surface area contributed by atoms with Crippen molar-refractivity contribution in [3.05, 3.63) is 29.3 Å². The zero-order chi connectivity index (χ0) is 16.6. The van der Waals surface area contributed by atoms with E-state index in [-0.39, 0.29) is 11.5 Å². The minimum atomic E-state index is -0.235. The first-order valence-corrected chi connectivity index (χ1v) is 9.47. The van der Waals surface area contributed by atoms with Gasteiger partial charge in [0.05, 0.1) is 0 Å². The highest BCUT2D eigenvalue weighted by Gasteiger charge is 2.41. The van der Waals surface area contributed by atoms with E-state index in [1.54, 1.807) is 0 Å². The molecule has 0 atom stereocenters. The SMILES string of the molecule is NC(=O)CCc1ccc2c(c1)CCC1(CCN(C3CCC3)CC1)O2. The number of benzene rings is 1. The summed E-state index contributed by atoms with van der Waals surface area (Å²) in [5.74, 6) is 0.822. The molecule has 0 aromatic heterocycles. The van der Waals surface area contributed by atoms with Gasteiger partial charge >= 0.3 is 0 Å². The Morgan fingerprint density at radius 1 is 1.25 bits per heavy atom. The van der Waals surface area contributed by atoms with Crippen LogP contribution in [0, 0.1) is 0 Å². The van der Waals surface area contributed by atoms with Gasteiger partial charge in [-0.1, -0.05) is 18.6 Å². The topological polar surface area (TPSA) is 55.6 Å². The summed E-state index contributed by atoms with van der Waals surface area (Å²) >= 11 is 0. The van der Waals surface area contributed by atoms with Crippen molar-refractivity contribution in [3.8, 4) is 5.75 Å². The number of carbonyl (C=O) groups excluding carboxylic acids is 1. The van der Waals surface area contributed by atoms with Crippen LogP contribution in [0.5, 0.6) is 5.75 Å². The quantitative estimate of drug-likeness (QED) is 0.925. The molecule has 0 bridgehead atoms. The fraction of sp³-hybridized carbons (Fsp3) is 0.650. The number of primary amides is 1. The van der Waals surface area contributed by atoms with Gasteiger partial charge < -0.3 is 15.4 Å². The maximum absolute atomic E-state index is 11.0. The molecule has 24 heavy (non-hydrogen) atoms. The lowest BCUT2D eigenvalue weighted by Gasteiger charge is -2.48. The van der Waals surface area contributed by atoms with Crippen LogP contribution in [0.15, 0.2) is 18.2 Å². The summed E-state index contributed by atoms with van der Waals surface area (Å²) in [5, 5.41) is 0. The van der Waals surface area contributed by atoms with Crippen LogP contribution in [0.4, 0.5) is 0 Å². The lowest BCUT2D eigenvalue weighted by Crippen LogP contribution is -2.53. The number of aryl methyl sites for hydroxylation is 2. The first-order valence-electron chi connectivity index (χ1n) is 9.47. The molecule has 0 unspecified atom stereocenters. The highest BCUT2D eigenvalue weighted by molar-refractivity contribution is 5.74. The smallest absolute Gasteiger partial charge is 0.217 e. The van der Waals surface area contributed by atoms with Gasteiger partial charge in [0, 0.05) is 25.6 Å². The minimum Gasteiger partial charge on any atom is -0.487 e. The van der Waals surface area contributed by atoms with E-state index in [2.05, 4.69) is 23.1 Å². The minimum absolute atomic E-state index is 0.0575. The van der Waals surface area contributed by atoms with Gasteiger partial charge in [0.25, 0.3) is 0 Å². The average molecular weight is 328 g/mol. The first-order chi connectivity index (χ1) is 11.6. The van der Waals surface area contributed by atoms with Crippen LogP contribution in [0.2, 0.25) is 0 Å². The number of ether oxygens (including phenoxy) is 1. The van der Waals surface area contributed by atoms with Crippen LogP contribution in [-0.2, 0) is 17.6 Å². The number of amides is 1. The molecule has 2 fully saturated rings. The predicted molar refractivity (Wildman–Crippen MR) is 94.1 cm³/mol. The Kier molecular flexibility index (Phi) is 4.25. The molecule has 1 aromatic rings. The summed E-state index contributed by atoms with van der Waals surface area (Å²) in [7, 11) is 0. The molecule has 2 aliphatic heterocycles. The van der Waals surface area contributed by atoms with E-state index in [9.17, 15) is 4.79 Å². The highest BCUT2D eigenvalue weighted by atomic mass is 16.5. The average Bonchev–Trinajstić information content (AvgIpc) is 2.53. The van der Waals surface area contributed by atoms with Crippen molar-refractivity contribution in [1.82, 2.24) is 4.90 Å². The Labute approximate surface area is 144 Å². The molecule has 4 heteroatoms. The van der Waals surface area contributed by atoms with Gasteiger partial charge in [-0.2, -0.15) is 0 Å². The Hall–Kier alpha value is -1.55. The molecule has 1 aromatic carbocycles. The summed E-state index contributed by atoms with van der Waals surface area (Å²) in [5.41, 5.74) is 7.79. The Morgan fingerprint density at radius 2 is 2.04 bits per heavy atom. The van der Waals surface area contributed by atoms with Gasteiger partial charge in [0.1, 0.15) is 11.4 Å². The molecule has 1 saturated heterocycles. The number of hydrogen-bond donors (Lipinski definition) is 1. The summed E-state index contributed by atoms with van der Waals surface area (Å²) in [6, 6.07) is 7.25. The monoisotopic (exact) mass is 328 g/mol. The van der Waals surface area contributed by atoms with Gasteiger partial charge in [-0.25, -0.2) is 0 Å². The molecule has 0 radical (unpaired) electrons. The third-order valence-corrected chi connectivity index (χ3v) is 6.26. The zero-order valence-corrected chi connectivity index (χ0v) is 14.4. The summed E-state index contributed by atoms with van der Waals surface area (Å²) in [4.78, 5) is 13.6. The van der Waals surface area contributed by atoms with E-state index < -0.39 is 0 Å². The van der Waals surface area contributed by atoms with Gasteiger partial charge in [-0.15, -0.1) is 0 Å². The van der Waals surface area contributed by atoms with Gasteiger partial charge in [-0.05, 0) is 62.1 Å². The van der Waals surface area contributed by atoms with Crippen molar-refractivity contribution < 1.29 is 9.53 Å². The van der Waals surface area contributed by atoms with Crippen LogP contribution in [0.25, 0.3) is 0 Å². The molecule has 3 aliphatic rings. The zero-order valence-electron chi connectivity index (χ0n) is 14.4. The van der Waals surface area contributed by atoms with Crippen molar-refractivity contribution in [2.24, 2.45) is 5.73 Å². The Morgan fingerprint density at radius 3 is 2.71 bits per heavy atom. The van der Waals surface area contributed by atoms with Crippen LogP contribution >= 0.6 is 0 Å². The van der Waals surface area contributed by atoms with Crippen molar-refractivity contribution in [1.29, 1.82) is 0 Å². The van der Waals surface area contributed by atoms with E-state index in [1.165, 1.54) is 43.5 Å². The molecule has 1 aliphatic carbocycles. The summed E-state index contributed by atoms with van der Waals surface area (Å²) < 4.78 is 6.50. The van der Waals surface area contributed by atoms with Crippen molar-refractivity contribution in [2.45, 2.75) is 69.4 Å². The number of piperidine rings is 1. The normalized spacial score (nSPS) is 23.3. The molecule has 2 heterocycles. The maximum Gasteiger partial charge on any atom is 0.217 e. The molecule has 1 spiro atoms. The fourth-order valence-corrected chi connectivity index (χ4v) is 4.40. The standard InChI is InChI=1S/C20H28N2O2/c21-19(23)7-5-15-4-6-18-16(14-15)8-9-20(24-18)10-12-22(13-11-20)17-2-1-3-17/h4,6,14,17H,1-3,5,7-13H2,(H2,21,23). The second kappa shape index (κ2) is 6.40. The second-order valence-corrected chi connectivity index (χ2v) is 7.81. The highest BCUT2D eigenvalue weighted by Crippen LogP contribution is 2.41. The summed E-state index contributed by atoms with van der Waals surface area (Å²) in [6.45, 7) is 2.38. The van der Waals surface area contributed by atoms with Crippen molar-refractivity contribution in [2.75, 3.05) is 13.1 Å². The van der Waals surface area contributed by atoms with Gasteiger partial charge in [0.2, 0.25) is 5.91 Å². The fourth-order valence-electron chi connectivity index (χ4n) is 4.40. The molecular formula is C20H28N2O2. The lowest BCUT2D eigenvalue weighted by molar-refractivity contribution is -0.117. The van der Waals surface area contributed by atoms with Crippen LogP contribution in [0.1, 0.15) is 56.1 Å². The van der Waals surface area contributed by atoms with E-state index in [1.807, 2.05) is 0 Å². The van der Waals surface area contributed by atoms with Crippen molar-refractivity contribution >= 4 is 5.91 Å². The van der Waals surface area contributed by atoms with E-state index in [0.29, 0.717) is 6.42 Å². The third kappa shape index (κ3) is 3.16. The number of rotatable bonds is 4. The first kappa shape index (κ1) is 15.9.